The van der Waals surface area contributed by atoms with E-state index in [1.165, 1.54) is 5.57 Å². The number of anilines is 1. The predicted molar refractivity (Wildman–Crippen MR) is 129 cm³/mol. The molecule has 9 nitrogen and oxygen atoms in total. The van der Waals surface area contributed by atoms with Gasteiger partial charge in [0.1, 0.15) is 5.69 Å². The van der Waals surface area contributed by atoms with Gasteiger partial charge < -0.3 is 15.4 Å². The molecule has 1 aliphatic heterocycles. The van der Waals surface area contributed by atoms with Crippen LogP contribution in [0.5, 0.6) is 0 Å². The average Bonchev–Trinajstić information content (AvgIpc) is 2.84. The summed E-state index contributed by atoms with van der Waals surface area (Å²) in [7, 11) is 1.61. The molecule has 0 spiro atoms. The number of carbonyl (C=O) groups excluding carboxylic acids is 2. The van der Waals surface area contributed by atoms with E-state index >= 15 is 0 Å². The number of aromatic nitrogens is 4. The summed E-state index contributed by atoms with van der Waals surface area (Å²) in [4.78, 5) is 23.9. The maximum Gasteiger partial charge on any atom is 0.270 e. The Bertz CT molecular complexity index is 1130. The van der Waals surface area contributed by atoms with Crippen LogP contribution in [0, 0.1) is 0 Å². The van der Waals surface area contributed by atoms with Crippen LogP contribution in [0.15, 0.2) is 48.7 Å². The summed E-state index contributed by atoms with van der Waals surface area (Å²) in [5.74, 6) is 0.222. The lowest BCUT2D eigenvalue weighted by molar-refractivity contribution is -0.115. The number of nitrogens with zero attached hydrogens (tertiary/aromatic N) is 3. The Morgan fingerprint density at radius 2 is 2.06 bits per heavy atom. The van der Waals surface area contributed by atoms with Crippen molar-refractivity contribution >= 4 is 23.2 Å². The molecule has 1 aliphatic rings. The van der Waals surface area contributed by atoms with Crippen molar-refractivity contribution in [1.82, 2.24) is 25.3 Å². The third kappa shape index (κ3) is 6.41. The van der Waals surface area contributed by atoms with Gasteiger partial charge in [0.15, 0.2) is 5.82 Å². The zero-order chi connectivity index (χ0) is 23.8. The molecule has 34 heavy (non-hydrogen) atoms. The number of ether oxygens (including phenoxy) is 1. The van der Waals surface area contributed by atoms with Gasteiger partial charge in [0.2, 0.25) is 5.91 Å². The summed E-state index contributed by atoms with van der Waals surface area (Å²) < 4.78 is 7.27. The molecule has 2 aromatic heterocycles. The lowest BCUT2D eigenvalue weighted by atomic mass is 9.98. The molecule has 0 saturated heterocycles. The Balaban J connectivity index is 1.20. The summed E-state index contributed by atoms with van der Waals surface area (Å²) in [5, 5.41) is 16.8. The van der Waals surface area contributed by atoms with Crippen molar-refractivity contribution in [2.24, 2.45) is 0 Å². The number of benzene rings is 1. The zero-order valence-corrected chi connectivity index (χ0v) is 19.3. The molecule has 0 unspecified atom stereocenters. The van der Waals surface area contributed by atoms with Gasteiger partial charge in [-0.3, -0.25) is 19.4 Å². The molecule has 0 aliphatic carbocycles. The normalized spacial score (nSPS) is 13.4. The number of amides is 2. The van der Waals surface area contributed by atoms with Crippen molar-refractivity contribution in [3.63, 3.8) is 0 Å². The molecule has 4 rings (SSSR count). The van der Waals surface area contributed by atoms with E-state index in [4.69, 9.17) is 4.74 Å². The maximum atomic E-state index is 12.5. The van der Waals surface area contributed by atoms with Gasteiger partial charge in [-0.15, -0.1) is 5.10 Å². The number of H-pyrrole nitrogens is 1. The molecule has 0 radical (unpaired) electrons. The summed E-state index contributed by atoms with van der Waals surface area (Å²) >= 11 is 0. The van der Waals surface area contributed by atoms with E-state index in [2.05, 4.69) is 44.1 Å². The van der Waals surface area contributed by atoms with Crippen molar-refractivity contribution in [1.29, 1.82) is 0 Å². The summed E-state index contributed by atoms with van der Waals surface area (Å²) in [5.41, 5.74) is 4.83. The fourth-order valence-electron chi connectivity index (χ4n) is 3.86. The molecule has 3 aromatic rings. The van der Waals surface area contributed by atoms with E-state index in [1.54, 1.807) is 19.3 Å². The van der Waals surface area contributed by atoms with Gasteiger partial charge in [-0.1, -0.05) is 30.3 Å². The number of unbranched alkanes of at least 4 members (excludes halogenated alkanes) is 1. The lowest BCUT2D eigenvalue weighted by Gasteiger charge is -2.14. The standard InChI is InChI=1S/C25H30N6O3/c1-26-25(33)22-17-31(30-22)12-3-2-7-21-8-9-23(29-28-21)27-24(32)16-18-5-4-6-20(15-18)19-10-13-34-14-11-19/h4-6,8-10,15,17,30H,2-3,7,11-14,16H2,1H3,(H,26,33)(H,27,29,32). The second-order valence-corrected chi connectivity index (χ2v) is 8.27. The van der Waals surface area contributed by atoms with Crippen molar-refractivity contribution in [3.05, 3.63) is 71.2 Å². The zero-order valence-electron chi connectivity index (χ0n) is 19.3. The third-order valence-corrected chi connectivity index (χ3v) is 5.72. The number of hydrogen-bond donors (Lipinski definition) is 3. The van der Waals surface area contributed by atoms with Gasteiger partial charge in [0, 0.05) is 13.6 Å². The van der Waals surface area contributed by atoms with Crippen molar-refractivity contribution in [2.45, 2.75) is 38.6 Å². The van der Waals surface area contributed by atoms with E-state index in [-0.39, 0.29) is 18.2 Å². The molecule has 1 aromatic carbocycles. The molecule has 3 N–H and O–H groups in total. The van der Waals surface area contributed by atoms with Crippen molar-refractivity contribution < 1.29 is 14.3 Å². The fraction of sp³-hybridized carbons (Fsp3) is 0.360. The largest absolute Gasteiger partial charge is 0.377 e. The van der Waals surface area contributed by atoms with Gasteiger partial charge in [-0.25, -0.2) is 0 Å². The van der Waals surface area contributed by atoms with E-state index in [0.29, 0.717) is 18.1 Å². The van der Waals surface area contributed by atoms with E-state index < -0.39 is 0 Å². The highest BCUT2D eigenvalue weighted by atomic mass is 16.5. The Morgan fingerprint density at radius 1 is 1.18 bits per heavy atom. The number of hydrogen-bond acceptors (Lipinski definition) is 5. The number of rotatable bonds is 10. The monoisotopic (exact) mass is 462 g/mol. The van der Waals surface area contributed by atoms with Crippen LogP contribution in [0.3, 0.4) is 0 Å². The van der Waals surface area contributed by atoms with E-state index in [9.17, 15) is 9.59 Å². The molecule has 2 amide bonds. The number of nitrogens with one attached hydrogen (secondary N) is 3. The first-order valence-corrected chi connectivity index (χ1v) is 11.6. The average molecular weight is 463 g/mol. The van der Waals surface area contributed by atoms with Crippen LogP contribution < -0.4 is 10.6 Å². The molecule has 0 atom stereocenters. The van der Waals surface area contributed by atoms with Crippen molar-refractivity contribution in [3.8, 4) is 0 Å². The van der Waals surface area contributed by atoms with Crippen molar-refractivity contribution in [2.75, 3.05) is 25.6 Å². The first kappa shape index (κ1) is 23.4. The Labute approximate surface area is 198 Å². The highest BCUT2D eigenvalue weighted by Crippen LogP contribution is 2.22. The van der Waals surface area contributed by atoms with Crippen LogP contribution in [-0.4, -0.2) is 52.1 Å². The Hall–Kier alpha value is -3.72. The molecule has 178 valence electrons. The minimum Gasteiger partial charge on any atom is -0.377 e. The number of carbonyl (C=O) groups is 2. The number of aryl methyl sites for hydroxylation is 2. The van der Waals surface area contributed by atoms with Crippen LogP contribution in [0.4, 0.5) is 5.82 Å². The molecule has 3 heterocycles. The van der Waals surface area contributed by atoms with Crippen LogP contribution in [0.2, 0.25) is 0 Å². The molecular weight excluding hydrogens is 432 g/mol. The van der Waals surface area contributed by atoms with Gasteiger partial charge in [-0.2, -0.15) is 5.10 Å². The summed E-state index contributed by atoms with van der Waals surface area (Å²) in [6.07, 6.45) is 7.77. The fourth-order valence-corrected chi connectivity index (χ4v) is 3.86. The topological polar surface area (TPSA) is 114 Å². The van der Waals surface area contributed by atoms with Gasteiger partial charge in [-0.05, 0) is 54.5 Å². The highest BCUT2D eigenvalue weighted by molar-refractivity contribution is 5.92. The molecule has 0 saturated carbocycles. The second kappa shape index (κ2) is 11.4. The first-order valence-electron chi connectivity index (χ1n) is 11.6. The van der Waals surface area contributed by atoms with Gasteiger partial charge >= 0.3 is 0 Å². The smallest absolute Gasteiger partial charge is 0.270 e. The number of aromatic amines is 1. The summed E-state index contributed by atoms with van der Waals surface area (Å²) in [6, 6.07) is 11.8. The highest BCUT2D eigenvalue weighted by Gasteiger charge is 2.11. The van der Waals surface area contributed by atoms with Crippen LogP contribution in [0.1, 0.15) is 46.6 Å². The molecular formula is C25H30N6O3. The molecule has 9 heteroatoms. The minimum atomic E-state index is -0.119. The lowest BCUT2D eigenvalue weighted by Crippen LogP contribution is -2.25. The van der Waals surface area contributed by atoms with E-state index in [0.717, 1.165) is 55.7 Å². The summed E-state index contributed by atoms with van der Waals surface area (Å²) in [6.45, 7) is 2.19. The van der Waals surface area contributed by atoms with Crippen LogP contribution in [0.25, 0.3) is 5.57 Å². The molecule has 0 bridgehead atoms. The van der Waals surface area contributed by atoms with Gasteiger partial charge in [0.25, 0.3) is 5.91 Å². The quantitative estimate of drug-likeness (QED) is 0.401. The third-order valence-electron chi connectivity index (χ3n) is 5.72. The first-order chi connectivity index (χ1) is 16.6. The SMILES string of the molecule is CNC(=O)c1cn(CCCCc2ccc(NC(=O)Cc3cccc(C4=CCOCC4)c3)nn2)[nH]1. The molecule has 0 fully saturated rings. The second-order valence-electron chi connectivity index (χ2n) is 8.27. The Kier molecular flexibility index (Phi) is 7.87. The predicted octanol–water partition coefficient (Wildman–Crippen LogP) is 2.97. The van der Waals surface area contributed by atoms with Gasteiger partial charge in [0.05, 0.1) is 31.5 Å². The Morgan fingerprint density at radius 3 is 2.79 bits per heavy atom. The maximum absolute atomic E-state index is 12.5. The van der Waals surface area contributed by atoms with E-state index in [1.807, 2.05) is 22.9 Å². The van der Waals surface area contributed by atoms with Crippen LogP contribution >= 0.6 is 0 Å². The minimum absolute atomic E-state index is 0.111. The van der Waals surface area contributed by atoms with Crippen LogP contribution in [-0.2, 0) is 28.9 Å².